The summed E-state index contributed by atoms with van der Waals surface area (Å²) in [6, 6.07) is 0.597. The van der Waals surface area contributed by atoms with Crippen molar-refractivity contribution in [1.29, 1.82) is 0 Å². The quantitative estimate of drug-likeness (QED) is 0.739. The zero-order valence-electron chi connectivity index (χ0n) is 8.71. The first kappa shape index (κ1) is 10.9. The third-order valence-electron chi connectivity index (χ3n) is 1.96. The van der Waals surface area contributed by atoms with Gasteiger partial charge in [-0.2, -0.15) is 0 Å². The second-order valence-electron chi connectivity index (χ2n) is 3.67. The van der Waals surface area contributed by atoms with Crippen molar-refractivity contribution in [3.63, 3.8) is 0 Å². The number of nitrogens with zero attached hydrogens (tertiary/aromatic N) is 2. The van der Waals surface area contributed by atoms with E-state index in [-0.39, 0.29) is 0 Å². The van der Waals surface area contributed by atoms with Gasteiger partial charge in [0.25, 0.3) is 0 Å². The average molecular weight is 201 g/mol. The van der Waals surface area contributed by atoms with E-state index in [4.69, 9.17) is 0 Å². The molecule has 0 aromatic carbocycles. The van der Waals surface area contributed by atoms with E-state index in [1.54, 1.807) is 0 Å². The summed E-state index contributed by atoms with van der Waals surface area (Å²) in [5.74, 6) is 1.20. The normalized spacial score (nSPS) is 26.5. The Bertz CT molecular complexity index is 180. The maximum Gasteiger partial charge on any atom is 0.156 e. The fourth-order valence-electron chi connectivity index (χ4n) is 1.10. The van der Waals surface area contributed by atoms with Gasteiger partial charge in [0.05, 0.1) is 6.54 Å². The van der Waals surface area contributed by atoms with Crippen LogP contribution in [0, 0.1) is 0 Å². The van der Waals surface area contributed by atoms with E-state index in [2.05, 4.69) is 36.2 Å². The van der Waals surface area contributed by atoms with E-state index in [1.807, 2.05) is 11.8 Å². The van der Waals surface area contributed by atoms with Crippen molar-refractivity contribution in [3.8, 4) is 0 Å². The molecule has 1 saturated heterocycles. The third kappa shape index (κ3) is 4.52. The van der Waals surface area contributed by atoms with Gasteiger partial charge in [-0.1, -0.05) is 11.8 Å². The van der Waals surface area contributed by atoms with Gasteiger partial charge in [0.1, 0.15) is 0 Å². The zero-order valence-corrected chi connectivity index (χ0v) is 9.52. The summed E-state index contributed by atoms with van der Waals surface area (Å²) < 4.78 is 0. The van der Waals surface area contributed by atoms with Gasteiger partial charge < -0.3 is 10.2 Å². The van der Waals surface area contributed by atoms with Crippen LogP contribution in [0.4, 0.5) is 0 Å². The molecular formula is C9H19N3S. The molecule has 0 aliphatic carbocycles. The van der Waals surface area contributed by atoms with E-state index in [0.717, 1.165) is 18.3 Å². The van der Waals surface area contributed by atoms with Crippen molar-refractivity contribution in [2.24, 2.45) is 4.99 Å². The molecule has 1 aliphatic rings. The highest BCUT2D eigenvalue weighted by molar-refractivity contribution is 8.13. The van der Waals surface area contributed by atoms with Gasteiger partial charge >= 0.3 is 0 Å². The maximum absolute atomic E-state index is 4.50. The predicted octanol–water partition coefficient (Wildman–Crippen LogP) is 1.02. The molecule has 0 aromatic heterocycles. The van der Waals surface area contributed by atoms with E-state index in [9.17, 15) is 0 Å². The van der Waals surface area contributed by atoms with Gasteiger partial charge in [-0.25, -0.2) is 0 Å². The van der Waals surface area contributed by atoms with Crippen LogP contribution in [-0.2, 0) is 0 Å². The lowest BCUT2D eigenvalue weighted by atomic mass is 10.3. The Kier molecular flexibility index (Phi) is 4.59. The Balaban J connectivity index is 2.25. The van der Waals surface area contributed by atoms with Crippen LogP contribution < -0.4 is 5.32 Å². The van der Waals surface area contributed by atoms with Gasteiger partial charge in [-0.15, -0.1) is 0 Å². The smallest absolute Gasteiger partial charge is 0.156 e. The monoisotopic (exact) mass is 201 g/mol. The van der Waals surface area contributed by atoms with Crippen LogP contribution in [0.3, 0.4) is 0 Å². The average Bonchev–Trinajstić information content (AvgIpc) is 2.03. The summed E-state index contributed by atoms with van der Waals surface area (Å²) >= 11 is 1.84. The van der Waals surface area contributed by atoms with E-state index in [1.165, 1.54) is 12.2 Å². The molecule has 3 nitrogen and oxygen atoms in total. The molecular weight excluding hydrogens is 182 g/mol. The van der Waals surface area contributed by atoms with Gasteiger partial charge in [0.2, 0.25) is 0 Å². The van der Waals surface area contributed by atoms with E-state index in [0.29, 0.717) is 6.04 Å². The summed E-state index contributed by atoms with van der Waals surface area (Å²) in [4.78, 5) is 6.65. The van der Waals surface area contributed by atoms with E-state index < -0.39 is 0 Å². The van der Waals surface area contributed by atoms with Crippen LogP contribution >= 0.6 is 11.8 Å². The lowest BCUT2D eigenvalue weighted by Crippen LogP contribution is -2.35. The summed E-state index contributed by atoms with van der Waals surface area (Å²) in [6.45, 7) is 4.14. The second-order valence-corrected chi connectivity index (χ2v) is 4.76. The summed E-state index contributed by atoms with van der Waals surface area (Å²) in [5, 5.41) is 4.51. The number of nitrogens with one attached hydrogen (secondary N) is 1. The highest BCUT2D eigenvalue weighted by Gasteiger charge is 2.12. The minimum absolute atomic E-state index is 0.597. The van der Waals surface area contributed by atoms with Gasteiger partial charge in [0.15, 0.2) is 5.17 Å². The number of likely N-dealkylation sites (N-methyl/N-ethyl adjacent to an activating group) is 1. The fraction of sp³-hybridized carbons (Fsp3) is 0.889. The minimum atomic E-state index is 0.597. The molecule has 1 aliphatic heterocycles. The highest BCUT2D eigenvalue weighted by Crippen LogP contribution is 2.12. The number of amidine groups is 1. The molecule has 13 heavy (non-hydrogen) atoms. The molecule has 0 saturated carbocycles. The molecule has 1 heterocycles. The number of rotatable bonds is 3. The van der Waals surface area contributed by atoms with Gasteiger partial charge in [-0.05, 0) is 27.4 Å². The largest absolute Gasteiger partial charge is 0.362 e. The fourth-order valence-corrected chi connectivity index (χ4v) is 2.23. The molecule has 1 rings (SSSR count). The Labute approximate surface area is 85.0 Å². The molecule has 1 N–H and O–H groups in total. The first-order chi connectivity index (χ1) is 6.18. The van der Waals surface area contributed by atoms with Crippen LogP contribution in [0.15, 0.2) is 4.99 Å². The first-order valence-electron chi connectivity index (χ1n) is 4.77. The Morgan fingerprint density at radius 1 is 1.62 bits per heavy atom. The molecule has 1 fully saturated rings. The third-order valence-corrected chi connectivity index (χ3v) is 2.92. The van der Waals surface area contributed by atoms with Crippen molar-refractivity contribution in [2.75, 3.05) is 32.9 Å². The number of thioether (sulfide) groups is 1. The van der Waals surface area contributed by atoms with Gasteiger partial charge in [-0.3, -0.25) is 4.99 Å². The van der Waals surface area contributed by atoms with E-state index >= 15 is 0 Å². The van der Waals surface area contributed by atoms with Crippen molar-refractivity contribution in [3.05, 3.63) is 0 Å². The summed E-state index contributed by atoms with van der Waals surface area (Å²) in [5.41, 5.74) is 0. The molecule has 0 amide bonds. The van der Waals surface area contributed by atoms with Crippen LogP contribution in [0.5, 0.6) is 0 Å². The Morgan fingerprint density at radius 3 is 3.00 bits per heavy atom. The molecule has 4 heteroatoms. The van der Waals surface area contributed by atoms with Crippen LogP contribution in [-0.4, -0.2) is 49.0 Å². The first-order valence-corrected chi connectivity index (χ1v) is 5.75. The molecule has 1 atom stereocenters. The SMILES string of the molecule is CC1CCSC(=NCCN(C)C)N1. The van der Waals surface area contributed by atoms with Crippen LogP contribution in [0.25, 0.3) is 0 Å². The molecule has 0 radical (unpaired) electrons. The van der Waals surface area contributed by atoms with Crippen LogP contribution in [0.2, 0.25) is 0 Å². The van der Waals surface area contributed by atoms with Crippen molar-refractivity contribution in [1.82, 2.24) is 10.2 Å². The lowest BCUT2D eigenvalue weighted by molar-refractivity contribution is 0.420. The Morgan fingerprint density at radius 2 is 2.38 bits per heavy atom. The number of hydrogen-bond acceptors (Lipinski definition) is 3. The Hall–Kier alpha value is -0.220. The second kappa shape index (κ2) is 5.50. The molecule has 0 bridgehead atoms. The topological polar surface area (TPSA) is 27.6 Å². The molecule has 0 aromatic rings. The zero-order chi connectivity index (χ0) is 9.68. The summed E-state index contributed by atoms with van der Waals surface area (Å²) in [6.07, 6.45) is 1.25. The lowest BCUT2D eigenvalue weighted by Gasteiger charge is -2.21. The highest BCUT2D eigenvalue weighted by atomic mass is 32.2. The maximum atomic E-state index is 4.50. The van der Waals surface area contributed by atoms with Crippen molar-refractivity contribution in [2.45, 2.75) is 19.4 Å². The molecule has 0 spiro atoms. The van der Waals surface area contributed by atoms with Crippen LogP contribution in [0.1, 0.15) is 13.3 Å². The molecule has 76 valence electrons. The van der Waals surface area contributed by atoms with Crippen molar-refractivity contribution >= 4 is 16.9 Å². The standard InChI is InChI=1S/C9H19N3S/c1-8-4-7-13-9(11-8)10-5-6-12(2)3/h8H,4-7H2,1-3H3,(H,10,11). The minimum Gasteiger partial charge on any atom is -0.362 e. The number of aliphatic imine (C=N–C) groups is 1. The van der Waals surface area contributed by atoms with Gasteiger partial charge in [0, 0.05) is 18.3 Å². The van der Waals surface area contributed by atoms with Crippen molar-refractivity contribution < 1.29 is 0 Å². The number of hydrogen-bond donors (Lipinski definition) is 1. The molecule has 1 unspecified atom stereocenters. The predicted molar refractivity (Wildman–Crippen MR) is 60.5 cm³/mol. The summed E-state index contributed by atoms with van der Waals surface area (Å²) in [7, 11) is 4.15.